The highest BCUT2D eigenvalue weighted by Gasteiger charge is 2.37. The Morgan fingerprint density at radius 1 is 0.950 bits per heavy atom. The molecule has 0 saturated carbocycles. The van der Waals surface area contributed by atoms with Gasteiger partial charge in [0, 0.05) is 25.2 Å². The zero-order valence-corrected chi connectivity index (χ0v) is 22.7. The molecule has 3 aromatic carbocycles. The van der Waals surface area contributed by atoms with Crippen molar-refractivity contribution in [2.75, 3.05) is 20.3 Å². The number of methoxy groups -OCH3 is 1. The highest BCUT2D eigenvalue weighted by Crippen LogP contribution is 2.34. The lowest BCUT2D eigenvalue weighted by Gasteiger charge is -2.39. The van der Waals surface area contributed by atoms with Gasteiger partial charge < -0.3 is 19.5 Å². The van der Waals surface area contributed by atoms with E-state index in [9.17, 15) is 22.8 Å². The number of carbonyl (C=O) groups is 2. The van der Waals surface area contributed by atoms with Crippen LogP contribution in [0.3, 0.4) is 0 Å². The van der Waals surface area contributed by atoms with E-state index in [-0.39, 0.29) is 24.2 Å². The van der Waals surface area contributed by atoms with E-state index in [2.05, 4.69) is 23.5 Å². The number of halogens is 3. The molecule has 0 atom stereocenters. The number of hydrogen-bond acceptors (Lipinski definition) is 5. The fourth-order valence-electron chi connectivity index (χ4n) is 5.01. The molecule has 1 amide bonds. The average Bonchev–Trinajstić information content (AvgIpc) is 2.94. The highest BCUT2D eigenvalue weighted by atomic mass is 19.2. The van der Waals surface area contributed by atoms with Gasteiger partial charge in [0.25, 0.3) is 5.91 Å². The Morgan fingerprint density at radius 3 is 2.30 bits per heavy atom. The van der Waals surface area contributed by atoms with E-state index >= 15 is 0 Å². The first-order valence-corrected chi connectivity index (χ1v) is 13.1. The summed E-state index contributed by atoms with van der Waals surface area (Å²) < 4.78 is 57.9. The van der Waals surface area contributed by atoms with Gasteiger partial charge in [0.15, 0.2) is 11.6 Å². The summed E-state index contributed by atoms with van der Waals surface area (Å²) in [6.07, 6.45) is 1.40. The van der Waals surface area contributed by atoms with Crippen LogP contribution in [0, 0.1) is 31.3 Å². The Hall–Kier alpha value is -3.85. The Kier molecular flexibility index (Phi) is 9.14. The molecule has 6 nitrogen and oxygen atoms in total. The minimum atomic E-state index is -1.33. The number of esters is 1. The molecular formula is C31H32F3NO5. The zero-order chi connectivity index (χ0) is 28.9. The molecule has 0 bridgehead atoms. The molecule has 1 saturated heterocycles. The third-order valence-electron chi connectivity index (χ3n) is 7.15. The Balaban J connectivity index is 1.66. The van der Waals surface area contributed by atoms with E-state index in [0.29, 0.717) is 37.7 Å². The fraction of sp³-hybridized carbons (Fsp3) is 0.355. The van der Waals surface area contributed by atoms with Crippen molar-refractivity contribution in [2.45, 2.75) is 51.7 Å². The maximum Gasteiger partial charge on any atom is 0.305 e. The van der Waals surface area contributed by atoms with E-state index in [1.807, 2.05) is 13.8 Å². The molecule has 0 aliphatic carbocycles. The molecule has 9 heteroatoms. The van der Waals surface area contributed by atoms with Crippen LogP contribution < -0.4 is 10.1 Å². The van der Waals surface area contributed by atoms with Crippen LogP contribution in [0.15, 0.2) is 48.5 Å². The Labute approximate surface area is 231 Å². The van der Waals surface area contributed by atoms with Gasteiger partial charge >= 0.3 is 5.97 Å². The summed E-state index contributed by atoms with van der Waals surface area (Å²) in [5, 5.41) is 3.23. The van der Waals surface area contributed by atoms with Gasteiger partial charge in [0.2, 0.25) is 0 Å². The van der Waals surface area contributed by atoms with Crippen LogP contribution in [0.4, 0.5) is 13.2 Å². The van der Waals surface area contributed by atoms with Crippen molar-refractivity contribution in [3.05, 3.63) is 99.4 Å². The van der Waals surface area contributed by atoms with E-state index in [0.717, 1.165) is 22.8 Å². The molecule has 0 spiro atoms. The standard InChI is InChI=1S/C31H32F3NO5/c1-19-14-20(2)16-22(15-19)31(10-12-39-13-11-31)35-30(37)24-17-23(6-4-21(24)5-9-28(36)38-3)40-18-25-26(32)7-8-27(33)29(25)34/h4,6-8,14-17H,5,9-13,18H2,1-3H3,(H,35,37). The van der Waals surface area contributed by atoms with Crippen LogP contribution in [-0.4, -0.2) is 32.2 Å². The molecule has 0 unspecified atom stereocenters. The van der Waals surface area contributed by atoms with E-state index < -0.39 is 47.0 Å². The van der Waals surface area contributed by atoms with Gasteiger partial charge in [0.05, 0.1) is 18.2 Å². The summed E-state index contributed by atoms with van der Waals surface area (Å²) in [5.41, 5.74) is 2.69. The van der Waals surface area contributed by atoms with Gasteiger partial charge in [0.1, 0.15) is 18.2 Å². The lowest BCUT2D eigenvalue weighted by atomic mass is 9.81. The zero-order valence-electron chi connectivity index (χ0n) is 22.7. The molecule has 0 aromatic heterocycles. The van der Waals surface area contributed by atoms with Gasteiger partial charge in [-0.15, -0.1) is 0 Å². The summed E-state index contributed by atoms with van der Waals surface area (Å²) >= 11 is 0. The number of hydrogen-bond donors (Lipinski definition) is 1. The summed E-state index contributed by atoms with van der Waals surface area (Å²) in [5.74, 6) is -4.13. The van der Waals surface area contributed by atoms with Crippen molar-refractivity contribution in [1.29, 1.82) is 0 Å². The number of amides is 1. The molecular weight excluding hydrogens is 523 g/mol. The Morgan fingerprint density at radius 2 is 1.62 bits per heavy atom. The molecule has 212 valence electrons. The van der Waals surface area contributed by atoms with Crippen molar-refractivity contribution in [3.8, 4) is 5.75 Å². The first-order chi connectivity index (χ1) is 19.1. The summed E-state index contributed by atoms with van der Waals surface area (Å²) in [4.78, 5) is 25.7. The predicted octanol–water partition coefficient (Wildman–Crippen LogP) is 5.84. The van der Waals surface area contributed by atoms with Crippen LogP contribution >= 0.6 is 0 Å². The molecule has 0 radical (unpaired) electrons. The lowest BCUT2D eigenvalue weighted by Crippen LogP contribution is -2.49. The molecule has 1 aliphatic heterocycles. The lowest BCUT2D eigenvalue weighted by molar-refractivity contribution is -0.140. The first-order valence-electron chi connectivity index (χ1n) is 13.1. The van der Waals surface area contributed by atoms with E-state index in [1.165, 1.54) is 19.2 Å². The number of nitrogens with one attached hydrogen (secondary N) is 1. The third-order valence-corrected chi connectivity index (χ3v) is 7.15. The quantitative estimate of drug-likeness (QED) is 0.265. The summed E-state index contributed by atoms with van der Waals surface area (Å²) in [7, 11) is 1.29. The van der Waals surface area contributed by atoms with Gasteiger partial charge in [-0.2, -0.15) is 0 Å². The van der Waals surface area contributed by atoms with Crippen LogP contribution in [0.5, 0.6) is 5.75 Å². The monoisotopic (exact) mass is 555 g/mol. The van der Waals surface area contributed by atoms with E-state index in [1.54, 1.807) is 6.07 Å². The second kappa shape index (κ2) is 12.6. The van der Waals surface area contributed by atoms with E-state index in [4.69, 9.17) is 14.2 Å². The minimum Gasteiger partial charge on any atom is -0.489 e. The van der Waals surface area contributed by atoms with Crippen LogP contribution in [0.1, 0.15) is 57.4 Å². The number of benzene rings is 3. The molecule has 1 fully saturated rings. The van der Waals surface area contributed by atoms with Gasteiger partial charge in [-0.25, -0.2) is 13.2 Å². The fourth-order valence-corrected chi connectivity index (χ4v) is 5.01. The SMILES string of the molecule is COC(=O)CCc1ccc(OCc2c(F)ccc(F)c2F)cc1C(=O)NC1(c2cc(C)cc(C)c2)CCOCC1. The van der Waals surface area contributed by atoms with Crippen molar-refractivity contribution in [1.82, 2.24) is 5.32 Å². The van der Waals surface area contributed by atoms with Crippen molar-refractivity contribution >= 4 is 11.9 Å². The van der Waals surface area contributed by atoms with Crippen molar-refractivity contribution in [3.63, 3.8) is 0 Å². The predicted molar refractivity (Wildman–Crippen MR) is 143 cm³/mol. The smallest absolute Gasteiger partial charge is 0.305 e. The molecule has 3 aromatic rings. The van der Waals surface area contributed by atoms with Gasteiger partial charge in [-0.05, 0) is 68.5 Å². The summed E-state index contributed by atoms with van der Waals surface area (Å²) in [6.45, 7) is 4.36. The molecule has 4 rings (SSSR count). The largest absolute Gasteiger partial charge is 0.489 e. The second-order valence-electron chi connectivity index (χ2n) is 10.0. The topological polar surface area (TPSA) is 73.9 Å². The van der Waals surface area contributed by atoms with Gasteiger partial charge in [-0.3, -0.25) is 9.59 Å². The Bertz CT molecular complexity index is 1380. The van der Waals surface area contributed by atoms with Crippen molar-refractivity contribution < 1.29 is 37.0 Å². The number of rotatable bonds is 9. The molecule has 1 aliphatic rings. The van der Waals surface area contributed by atoms with Crippen molar-refractivity contribution in [2.24, 2.45) is 0 Å². The second-order valence-corrected chi connectivity index (χ2v) is 10.0. The number of aryl methyl sites for hydroxylation is 3. The maximum absolute atomic E-state index is 14.2. The molecule has 1 heterocycles. The number of carbonyl (C=O) groups excluding carboxylic acids is 2. The van der Waals surface area contributed by atoms with Crippen LogP contribution in [0.2, 0.25) is 0 Å². The minimum absolute atomic E-state index is 0.0484. The highest BCUT2D eigenvalue weighted by molar-refractivity contribution is 5.97. The average molecular weight is 556 g/mol. The summed E-state index contributed by atoms with van der Waals surface area (Å²) in [6, 6.07) is 12.3. The van der Waals surface area contributed by atoms with Crippen LogP contribution in [0.25, 0.3) is 0 Å². The molecule has 40 heavy (non-hydrogen) atoms. The van der Waals surface area contributed by atoms with Gasteiger partial charge in [-0.1, -0.05) is 35.4 Å². The normalized spacial score (nSPS) is 14.4. The third kappa shape index (κ3) is 6.65. The number of ether oxygens (including phenoxy) is 3. The molecule has 1 N–H and O–H groups in total. The van der Waals surface area contributed by atoms with Crippen LogP contribution in [-0.2, 0) is 32.8 Å². The maximum atomic E-state index is 14.2. The first kappa shape index (κ1) is 29.1.